The molecule has 0 aliphatic rings. The zero-order valence-electron chi connectivity index (χ0n) is 15.2. The predicted molar refractivity (Wildman–Crippen MR) is 105 cm³/mol. The summed E-state index contributed by atoms with van der Waals surface area (Å²) in [7, 11) is 0. The van der Waals surface area contributed by atoms with E-state index in [4.69, 9.17) is 0 Å². The quantitative estimate of drug-likeness (QED) is 0.529. The van der Waals surface area contributed by atoms with Gasteiger partial charge in [-0.3, -0.25) is 0 Å². The Balaban J connectivity index is 1.98. The number of ether oxygens (including phenoxy) is 1. The van der Waals surface area contributed by atoms with E-state index in [1.165, 1.54) is 17.7 Å². The zero-order valence-corrected chi connectivity index (χ0v) is 16.8. The van der Waals surface area contributed by atoms with E-state index >= 15 is 0 Å². The highest BCUT2D eigenvalue weighted by Gasteiger charge is 2.20. The van der Waals surface area contributed by atoms with Gasteiger partial charge in [0.15, 0.2) is 0 Å². The molecule has 1 heterocycles. The Bertz CT molecular complexity index is 908. The molecule has 0 saturated carbocycles. The molecule has 0 amide bonds. The standard InChI is InChI=1S/C20H20BrF2N3O/c1-12-4-8-16(9-5-12)24-19(26-14(3)18(21)13(2)25-26)15-6-10-17(11-7-15)27-20(22)23/h4-11,19-20,24H,1-3H3. The summed E-state index contributed by atoms with van der Waals surface area (Å²) in [5.74, 6) is 0.123. The van der Waals surface area contributed by atoms with Gasteiger partial charge in [0.05, 0.1) is 15.9 Å². The minimum absolute atomic E-state index is 0.123. The molecule has 0 aliphatic heterocycles. The Hall–Kier alpha value is -2.41. The van der Waals surface area contributed by atoms with Gasteiger partial charge in [0.1, 0.15) is 11.9 Å². The third-order valence-corrected chi connectivity index (χ3v) is 5.40. The Morgan fingerprint density at radius 1 is 1.00 bits per heavy atom. The normalized spacial score (nSPS) is 12.3. The van der Waals surface area contributed by atoms with E-state index in [9.17, 15) is 8.78 Å². The molecule has 2 aromatic carbocycles. The molecule has 3 rings (SSSR count). The predicted octanol–water partition coefficient (Wildman–Crippen LogP) is 5.83. The average Bonchev–Trinajstić information content (AvgIpc) is 2.89. The molecule has 7 heteroatoms. The summed E-state index contributed by atoms with van der Waals surface area (Å²) in [5, 5.41) is 8.10. The van der Waals surface area contributed by atoms with E-state index in [1.54, 1.807) is 12.1 Å². The van der Waals surface area contributed by atoms with Gasteiger partial charge >= 0.3 is 6.61 Å². The van der Waals surface area contributed by atoms with Crippen LogP contribution < -0.4 is 10.1 Å². The number of nitrogens with zero attached hydrogens (tertiary/aromatic N) is 2. The molecule has 0 fully saturated rings. The minimum atomic E-state index is -2.84. The van der Waals surface area contributed by atoms with E-state index in [0.717, 1.165) is 27.1 Å². The second-order valence-corrected chi connectivity index (χ2v) is 7.08. The summed E-state index contributed by atoms with van der Waals surface area (Å²) < 4.78 is 32.1. The molecule has 4 nitrogen and oxygen atoms in total. The van der Waals surface area contributed by atoms with Crippen LogP contribution in [-0.2, 0) is 0 Å². The van der Waals surface area contributed by atoms with Crippen molar-refractivity contribution in [1.29, 1.82) is 0 Å². The van der Waals surface area contributed by atoms with Gasteiger partial charge in [-0.05, 0) is 66.5 Å². The van der Waals surface area contributed by atoms with Crippen molar-refractivity contribution in [1.82, 2.24) is 9.78 Å². The first kappa shape index (κ1) is 19.4. The fourth-order valence-electron chi connectivity index (χ4n) is 2.82. The van der Waals surface area contributed by atoms with E-state index in [1.807, 2.05) is 49.7 Å². The smallest absolute Gasteiger partial charge is 0.387 e. The molecule has 0 spiro atoms. The van der Waals surface area contributed by atoms with Gasteiger partial charge in [0.25, 0.3) is 0 Å². The van der Waals surface area contributed by atoms with Gasteiger partial charge in [0.2, 0.25) is 0 Å². The number of halogens is 3. The van der Waals surface area contributed by atoms with Gasteiger partial charge < -0.3 is 10.1 Å². The Morgan fingerprint density at radius 3 is 2.15 bits per heavy atom. The minimum Gasteiger partial charge on any atom is -0.435 e. The van der Waals surface area contributed by atoms with E-state index in [0.29, 0.717) is 0 Å². The molecule has 3 aromatic rings. The lowest BCUT2D eigenvalue weighted by Gasteiger charge is -2.23. The molecule has 27 heavy (non-hydrogen) atoms. The number of rotatable bonds is 6. The van der Waals surface area contributed by atoms with Gasteiger partial charge in [0, 0.05) is 5.69 Å². The highest BCUT2D eigenvalue weighted by atomic mass is 79.9. The third-order valence-electron chi connectivity index (χ3n) is 4.26. The molecule has 0 bridgehead atoms. The lowest BCUT2D eigenvalue weighted by Crippen LogP contribution is -2.22. The monoisotopic (exact) mass is 435 g/mol. The van der Waals surface area contributed by atoms with E-state index in [2.05, 4.69) is 31.1 Å². The fourth-order valence-corrected chi connectivity index (χ4v) is 3.08. The lowest BCUT2D eigenvalue weighted by atomic mass is 10.1. The van der Waals surface area contributed by atoms with Crippen molar-refractivity contribution in [2.75, 3.05) is 5.32 Å². The lowest BCUT2D eigenvalue weighted by molar-refractivity contribution is -0.0498. The molecule has 1 aromatic heterocycles. The van der Waals surface area contributed by atoms with Crippen LogP contribution in [0.25, 0.3) is 0 Å². The number of hydrogen-bond acceptors (Lipinski definition) is 3. The topological polar surface area (TPSA) is 39.1 Å². The number of benzene rings is 2. The maximum Gasteiger partial charge on any atom is 0.387 e. The number of aryl methyl sites for hydroxylation is 2. The van der Waals surface area contributed by atoms with Gasteiger partial charge in [-0.2, -0.15) is 13.9 Å². The van der Waals surface area contributed by atoms with E-state index < -0.39 is 6.61 Å². The fraction of sp³-hybridized carbons (Fsp3) is 0.250. The van der Waals surface area contributed by atoms with Gasteiger partial charge in [-0.15, -0.1) is 0 Å². The zero-order chi connectivity index (χ0) is 19.6. The molecular formula is C20H20BrF2N3O. The second kappa shape index (κ2) is 8.08. The summed E-state index contributed by atoms with van der Waals surface area (Å²) in [6.07, 6.45) is -0.307. The van der Waals surface area contributed by atoms with Crippen LogP contribution in [0.4, 0.5) is 14.5 Å². The maximum absolute atomic E-state index is 12.4. The highest BCUT2D eigenvalue weighted by Crippen LogP contribution is 2.29. The van der Waals surface area contributed by atoms with Gasteiger partial charge in [-0.1, -0.05) is 29.8 Å². The third kappa shape index (κ3) is 4.47. The van der Waals surface area contributed by atoms with Crippen molar-refractivity contribution in [3.8, 4) is 5.75 Å². The molecular weight excluding hydrogens is 416 g/mol. The summed E-state index contributed by atoms with van der Waals surface area (Å²) in [6, 6.07) is 14.6. The summed E-state index contributed by atoms with van der Waals surface area (Å²) in [4.78, 5) is 0. The molecule has 1 atom stereocenters. The van der Waals surface area contributed by atoms with Crippen molar-refractivity contribution in [3.05, 3.63) is 75.5 Å². The van der Waals surface area contributed by atoms with Crippen molar-refractivity contribution < 1.29 is 13.5 Å². The Kier molecular flexibility index (Phi) is 5.79. The number of aromatic nitrogens is 2. The Morgan fingerprint density at radius 2 is 1.63 bits per heavy atom. The second-order valence-electron chi connectivity index (χ2n) is 6.29. The number of hydrogen-bond donors (Lipinski definition) is 1. The van der Waals surface area contributed by atoms with Gasteiger partial charge in [-0.25, -0.2) is 4.68 Å². The van der Waals surface area contributed by atoms with Crippen molar-refractivity contribution in [2.24, 2.45) is 0 Å². The molecule has 1 unspecified atom stereocenters. The molecule has 0 aliphatic carbocycles. The van der Waals surface area contributed by atoms with Crippen LogP contribution in [0.2, 0.25) is 0 Å². The van der Waals surface area contributed by atoms with Crippen LogP contribution in [0.5, 0.6) is 5.75 Å². The molecule has 1 N–H and O–H groups in total. The number of anilines is 1. The first-order chi connectivity index (χ1) is 12.8. The summed E-state index contributed by atoms with van der Waals surface area (Å²) >= 11 is 3.56. The largest absolute Gasteiger partial charge is 0.435 e. The van der Waals surface area contributed by atoms with Crippen LogP contribution in [0.15, 0.2) is 53.0 Å². The maximum atomic E-state index is 12.4. The first-order valence-corrected chi connectivity index (χ1v) is 9.23. The van der Waals surface area contributed by atoms with E-state index in [-0.39, 0.29) is 11.9 Å². The number of nitrogens with one attached hydrogen (secondary N) is 1. The van der Waals surface area contributed by atoms with Crippen molar-refractivity contribution in [3.63, 3.8) is 0 Å². The van der Waals surface area contributed by atoms with Crippen molar-refractivity contribution in [2.45, 2.75) is 33.5 Å². The molecule has 0 saturated heterocycles. The summed E-state index contributed by atoms with van der Waals surface area (Å²) in [6.45, 7) is 3.09. The molecule has 0 radical (unpaired) electrons. The van der Waals surface area contributed by atoms with Crippen molar-refractivity contribution >= 4 is 21.6 Å². The van der Waals surface area contributed by atoms with Crippen LogP contribution in [-0.4, -0.2) is 16.4 Å². The van der Waals surface area contributed by atoms with Crippen LogP contribution in [0.1, 0.15) is 28.7 Å². The molecule has 142 valence electrons. The Labute approximate surface area is 165 Å². The SMILES string of the molecule is Cc1ccc(NC(c2ccc(OC(F)F)cc2)n2nc(C)c(Br)c2C)cc1. The van der Waals surface area contributed by atoms with Crippen LogP contribution >= 0.6 is 15.9 Å². The van der Waals surface area contributed by atoms with Crippen LogP contribution in [0.3, 0.4) is 0 Å². The highest BCUT2D eigenvalue weighted by molar-refractivity contribution is 9.10. The average molecular weight is 436 g/mol. The first-order valence-electron chi connectivity index (χ1n) is 8.44. The number of alkyl halides is 2. The summed E-state index contributed by atoms with van der Waals surface area (Å²) in [5.41, 5.74) is 4.81. The van der Waals surface area contributed by atoms with Crippen LogP contribution in [0, 0.1) is 20.8 Å².